The van der Waals surface area contributed by atoms with E-state index < -0.39 is 22.9 Å². The molecule has 7 heteroatoms. The van der Waals surface area contributed by atoms with Gasteiger partial charge in [0.25, 0.3) is 0 Å². The van der Waals surface area contributed by atoms with Crippen LogP contribution in [0.4, 0.5) is 4.39 Å². The maximum atomic E-state index is 13.1. The number of benzene rings is 1. The molecule has 18 heavy (non-hydrogen) atoms. The fourth-order valence-corrected chi connectivity index (χ4v) is 1.69. The molecule has 0 aliphatic rings. The second-order valence-electron chi connectivity index (χ2n) is 3.38. The summed E-state index contributed by atoms with van der Waals surface area (Å²) in [5.74, 6) is -1.85. The van der Waals surface area contributed by atoms with Crippen LogP contribution in [0.15, 0.2) is 39.7 Å². The van der Waals surface area contributed by atoms with Crippen molar-refractivity contribution >= 4 is 21.9 Å². The molecule has 0 saturated heterocycles. The second kappa shape index (κ2) is 4.69. The van der Waals surface area contributed by atoms with Crippen molar-refractivity contribution < 1.29 is 14.3 Å². The SMILES string of the molecule is O=C(O)c1nn(-c2ccc(F)c(Br)c2)ccc1=O. The summed E-state index contributed by atoms with van der Waals surface area (Å²) in [4.78, 5) is 22.0. The van der Waals surface area contributed by atoms with Crippen molar-refractivity contribution in [2.24, 2.45) is 0 Å². The van der Waals surface area contributed by atoms with Crippen LogP contribution in [0.25, 0.3) is 5.69 Å². The molecule has 0 amide bonds. The summed E-state index contributed by atoms with van der Waals surface area (Å²) in [7, 11) is 0. The Balaban J connectivity index is 2.57. The molecule has 92 valence electrons. The zero-order valence-electron chi connectivity index (χ0n) is 8.80. The summed E-state index contributed by atoms with van der Waals surface area (Å²) < 4.78 is 14.5. The van der Waals surface area contributed by atoms with Gasteiger partial charge < -0.3 is 5.11 Å². The molecule has 2 rings (SSSR count). The van der Waals surface area contributed by atoms with E-state index in [1.165, 1.54) is 29.1 Å². The van der Waals surface area contributed by atoms with Gasteiger partial charge in [-0.05, 0) is 34.1 Å². The van der Waals surface area contributed by atoms with Gasteiger partial charge in [-0.1, -0.05) is 0 Å². The number of nitrogens with zero attached hydrogens (tertiary/aromatic N) is 2. The van der Waals surface area contributed by atoms with E-state index in [4.69, 9.17) is 5.11 Å². The number of carboxylic acid groups (broad SMARTS) is 1. The molecule has 0 aliphatic carbocycles. The molecule has 0 atom stereocenters. The summed E-state index contributed by atoms with van der Waals surface area (Å²) >= 11 is 3.01. The number of aromatic carboxylic acids is 1. The third-order valence-corrected chi connectivity index (χ3v) is 2.79. The monoisotopic (exact) mass is 312 g/mol. The van der Waals surface area contributed by atoms with E-state index in [1.54, 1.807) is 0 Å². The molecule has 1 heterocycles. The molecular formula is C11H6BrFN2O3. The first-order valence-electron chi connectivity index (χ1n) is 4.78. The Kier molecular flexibility index (Phi) is 3.24. The number of halogens is 2. The Labute approximate surface area is 109 Å². The second-order valence-corrected chi connectivity index (χ2v) is 4.23. The van der Waals surface area contributed by atoms with Crippen molar-refractivity contribution in [2.45, 2.75) is 0 Å². The Morgan fingerprint density at radius 1 is 1.39 bits per heavy atom. The van der Waals surface area contributed by atoms with Gasteiger partial charge in [0.1, 0.15) is 5.82 Å². The summed E-state index contributed by atoms with van der Waals surface area (Å²) in [5, 5.41) is 12.5. The molecule has 2 aromatic rings. The quantitative estimate of drug-likeness (QED) is 0.918. The highest BCUT2D eigenvalue weighted by atomic mass is 79.9. The van der Waals surface area contributed by atoms with E-state index in [0.717, 1.165) is 6.07 Å². The number of carboxylic acids is 1. The van der Waals surface area contributed by atoms with Crippen LogP contribution in [0, 0.1) is 5.82 Å². The highest BCUT2D eigenvalue weighted by molar-refractivity contribution is 9.10. The molecule has 0 radical (unpaired) electrons. The lowest BCUT2D eigenvalue weighted by atomic mass is 10.3. The van der Waals surface area contributed by atoms with Gasteiger partial charge in [-0.2, -0.15) is 5.10 Å². The van der Waals surface area contributed by atoms with E-state index in [0.29, 0.717) is 5.69 Å². The average molecular weight is 313 g/mol. The zero-order valence-corrected chi connectivity index (χ0v) is 10.4. The van der Waals surface area contributed by atoms with Crippen LogP contribution in [0.3, 0.4) is 0 Å². The van der Waals surface area contributed by atoms with E-state index in [-0.39, 0.29) is 4.47 Å². The largest absolute Gasteiger partial charge is 0.476 e. The van der Waals surface area contributed by atoms with Gasteiger partial charge >= 0.3 is 5.97 Å². The van der Waals surface area contributed by atoms with E-state index >= 15 is 0 Å². The van der Waals surface area contributed by atoms with Crippen LogP contribution in [0.5, 0.6) is 0 Å². The minimum atomic E-state index is -1.41. The Morgan fingerprint density at radius 3 is 2.72 bits per heavy atom. The minimum Gasteiger partial charge on any atom is -0.476 e. The first kappa shape index (κ1) is 12.4. The molecule has 1 N–H and O–H groups in total. The smallest absolute Gasteiger partial charge is 0.360 e. The lowest BCUT2D eigenvalue weighted by Gasteiger charge is -2.06. The van der Waals surface area contributed by atoms with Crippen LogP contribution in [-0.4, -0.2) is 20.9 Å². The summed E-state index contributed by atoms with van der Waals surface area (Å²) in [5.41, 5.74) is -0.830. The van der Waals surface area contributed by atoms with Crippen LogP contribution in [-0.2, 0) is 0 Å². The van der Waals surface area contributed by atoms with Crippen molar-refractivity contribution in [3.63, 3.8) is 0 Å². The van der Waals surface area contributed by atoms with Gasteiger partial charge in [0, 0.05) is 12.3 Å². The molecule has 1 aromatic heterocycles. The molecule has 1 aromatic carbocycles. The molecule has 5 nitrogen and oxygen atoms in total. The highest BCUT2D eigenvalue weighted by Crippen LogP contribution is 2.18. The average Bonchev–Trinajstić information content (AvgIpc) is 2.33. The van der Waals surface area contributed by atoms with Gasteiger partial charge in [-0.25, -0.2) is 13.9 Å². The van der Waals surface area contributed by atoms with Crippen molar-refractivity contribution in [2.75, 3.05) is 0 Å². The number of carbonyl (C=O) groups is 1. The fourth-order valence-electron chi connectivity index (χ4n) is 1.33. The Bertz CT molecular complexity index is 684. The van der Waals surface area contributed by atoms with E-state index in [2.05, 4.69) is 21.0 Å². The van der Waals surface area contributed by atoms with Crippen LogP contribution < -0.4 is 5.43 Å². The first-order valence-corrected chi connectivity index (χ1v) is 5.57. The Hall–Kier alpha value is -2.02. The summed E-state index contributed by atoms with van der Waals surface area (Å²) in [6, 6.07) is 5.15. The van der Waals surface area contributed by atoms with Gasteiger partial charge in [0.05, 0.1) is 10.2 Å². The Morgan fingerprint density at radius 2 is 2.11 bits per heavy atom. The van der Waals surface area contributed by atoms with Crippen molar-refractivity contribution in [1.82, 2.24) is 9.78 Å². The molecule has 0 fully saturated rings. The van der Waals surface area contributed by atoms with Crippen molar-refractivity contribution in [1.29, 1.82) is 0 Å². The molecule has 0 bridgehead atoms. The number of hydrogen-bond acceptors (Lipinski definition) is 3. The number of aromatic nitrogens is 2. The maximum Gasteiger partial charge on any atom is 0.360 e. The third kappa shape index (κ3) is 2.30. The zero-order chi connectivity index (χ0) is 13.3. The summed E-state index contributed by atoms with van der Waals surface area (Å²) in [6.45, 7) is 0. The lowest BCUT2D eigenvalue weighted by Crippen LogP contribution is -2.20. The molecular weight excluding hydrogens is 307 g/mol. The van der Waals surface area contributed by atoms with Crippen molar-refractivity contribution in [3.8, 4) is 5.69 Å². The molecule has 0 spiro atoms. The topological polar surface area (TPSA) is 72.2 Å². The van der Waals surface area contributed by atoms with E-state index in [9.17, 15) is 14.0 Å². The molecule has 0 saturated carbocycles. The summed E-state index contributed by atoms with van der Waals surface area (Å²) in [6.07, 6.45) is 1.31. The predicted octanol–water partition coefficient (Wildman–Crippen LogP) is 1.83. The minimum absolute atomic E-state index is 0.220. The van der Waals surface area contributed by atoms with Crippen LogP contribution in [0.1, 0.15) is 10.5 Å². The normalized spacial score (nSPS) is 10.3. The van der Waals surface area contributed by atoms with Crippen LogP contribution in [0.2, 0.25) is 0 Å². The van der Waals surface area contributed by atoms with Crippen LogP contribution >= 0.6 is 15.9 Å². The molecule has 0 aliphatic heterocycles. The third-order valence-electron chi connectivity index (χ3n) is 2.18. The van der Waals surface area contributed by atoms with Gasteiger partial charge in [-0.3, -0.25) is 4.79 Å². The van der Waals surface area contributed by atoms with Crippen molar-refractivity contribution in [3.05, 3.63) is 56.7 Å². The number of hydrogen-bond donors (Lipinski definition) is 1. The van der Waals surface area contributed by atoms with Gasteiger partial charge in [-0.15, -0.1) is 0 Å². The highest BCUT2D eigenvalue weighted by Gasteiger charge is 2.11. The van der Waals surface area contributed by atoms with Gasteiger partial charge in [0.15, 0.2) is 0 Å². The number of rotatable bonds is 2. The predicted molar refractivity (Wildman–Crippen MR) is 64.5 cm³/mol. The van der Waals surface area contributed by atoms with Gasteiger partial charge in [0.2, 0.25) is 11.1 Å². The van der Waals surface area contributed by atoms with E-state index in [1.807, 2.05) is 0 Å². The molecule has 0 unspecified atom stereocenters. The standard InChI is InChI=1S/C11H6BrFN2O3/c12-7-5-6(1-2-8(7)13)15-4-3-9(16)10(14-15)11(17)18/h1-5H,(H,17,18). The first-order chi connectivity index (χ1) is 8.49. The maximum absolute atomic E-state index is 13.1. The lowest BCUT2D eigenvalue weighted by molar-refractivity contribution is 0.0687. The fraction of sp³-hybridized carbons (Fsp3) is 0.